The zero-order valence-corrected chi connectivity index (χ0v) is 34.4. The third kappa shape index (κ3) is 11.4. The van der Waals surface area contributed by atoms with Crippen LogP contribution in [0.15, 0.2) is 24.3 Å². The lowest BCUT2D eigenvalue weighted by Crippen LogP contribution is -2.61. The van der Waals surface area contributed by atoms with E-state index in [1.54, 1.807) is 73.9 Å². The number of nitro groups is 1. The Bertz CT molecular complexity index is 1400. The highest BCUT2D eigenvalue weighted by Crippen LogP contribution is 2.30. The van der Waals surface area contributed by atoms with Crippen molar-refractivity contribution in [2.75, 3.05) is 55.5 Å². The molecule has 0 spiro atoms. The third-order valence-corrected chi connectivity index (χ3v) is 11.4. The molecule has 0 saturated carbocycles. The number of hydrogen-bond donors (Lipinski definition) is 1. The number of rotatable bonds is 20. The lowest BCUT2D eigenvalue weighted by atomic mass is 9.89. The van der Waals surface area contributed by atoms with Crippen molar-refractivity contribution in [3.63, 3.8) is 0 Å². The van der Waals surface area contributed by atoms with Crippen molar-refractivity contribution in [1.82, 2.24) is 24.9 Å². The van der Waals surface area contributed by atoms with Crippen molar-refractivity contribution < 1.29 is 33.6 Å². The number of hydrogen-bond acceptors (Lipinski definition) is 9. The Hall–Kier alpha value is -3.62. The number of nitrogens with one attached hydrogen (secondary N) is 1. The number of ether oxygens (including phenoxy) is 2. The van der Waals surface area contributed by atoms with E-state index in [1.807, 2.05) is 48.7 Å². The molecule has 14 nitrogen and oxygen atoms in total. The lowest BCUT2D eigenvalue weighted by Gasteiger charge is -2.41. The number of nitrogens with zero attached hydrogens (tertiary/aromatic N) is 5. The fourth-order valence-electron chi connectivity index (χ4n) is 7.13. The van der Waals surface area contributed by atoms with Gasteiger partial charge in [-0.05, 0) is 64.6 Å². The van der Waals surface area contributed by atoms with Crippen LogP contribution in [-0.4, -0.2) is 140 Å². The van der Waals surface area contributed by atoms with Gasteiger partial charge in [0.1, 0.15) is 6.04 Å². The number of methoxy groups -OCH3 is 2. The minimum absolute atomic E-state index is 0.00713. The minimum atomic E-state index is -0.832. The van der Waals surface area contributed by atoms with Gasteiger partial charge in [0.2, 0.25) is 23.6 Å². The summed E-state index contributed by atoms with van der Waals surface area (Å²) in [5.41, 5.74) is -0.0653. The molecule has 1 fully saturated rings. The Labute approximate surface area is 317 Å². The molecule has 1 saturated heterocycles. The summed E-state index contributed by atoms with van der Waals surface area (Å²) in [6, 6.07) is 4.82. The third-order valence-electron chi connectivity index (χ3n) is 11.4. The first-order valence-corrected chi connectivity index (χ1v) is 18.8. The number of amides is 4. The average Bonchev–Trinajstić information content (AvgIpc) is 3.61. The van der Waals surface area contributed by atoms with E-state index >= 15 is 0 Å². The van der Waals surface area contributed by atoms with E-state index in [-0.39, 0.29) is 53.6 Å². The summed E-state index contributed by atoms with van der Waals surface area (Å²) >= 11 is 0. The summed E-state index contributed by atoms with van der Waals surface area (Å²) in [6.45, 7) is 14.2. The van der Waals surface area contributed by atoms with E-state index in [4.69, 9.17) is 9.47 Å². The van der Waals surface area contributed by atoms with E-state index < -0.39 is 40.7 Å². The SMILES string of the molecule is CC[C@H](C)[C@@H]([C@@H](CC(=O)N1CCC[C@H]1[C@H](OC)[C@@H](C)C(=O)N(C)CCc1cccc([N+](=O)[O-])c1)OC)N(C)C(=O)[C@@H](NC(=O)C(C)(C)N(C)C)C(C)C. The molecule has 4 amide bonds. The summed E-state index contributed by atoms with van der Waals surface area (Å²) in [7, 11) is 10.2. The summed E-state index contributed by atoms with van der Waals surface area (Å²) in [4.78, 5) is 72.9. The molecule has 2 rings (SSSR count). The first kappa shape index (κ1) is 45.5. The first-order valence-electron chi connectivity index (χ1n) is 18.8. The maximum atomic E-state index is 14.2. The molecule has 1 N–H and O–H groups in total. The summed E-state index contributed by atoms with van der Waals surface area (Å²) < 4.78 is 11.9. The van der Waals surface area contributed by atoms with E-state index in [0.29, 0.717) is 25.9 Å². The van der Waals surface area contributed by atoms with Crippen molar-refractivity contribution in [3.05, 3.63) is 39.9 Å². The zero-order chi connectivity index (χ0) is 40.4. The highest BCUT2D eigenvalue weighted by Gasteiger charge is 2.43. The van der Waals surface area contributed by atoms with Crippen LogP contribution in [0.2, 0.25) is 0 Å². The molecular formula is C39H66N6O8. The van der Waals surface area contributed by atoms with Crippen LogP contribution in [0.25, 0.3) is 0 Å². The van der Waals surface area contributed by atoms with Gasteiger partial charge < -0.3 is 29.5 Å². The van der Waals surface area contributed by atoms with Gasteiger partial charge in [-0.1, -0.05) is 53.2 Å². The normalized spacial score (nSPS) is 18.2. The Morgan fingerprint density at radius 1 is 1.04 bits per heavy atom. The highest BCUT2D eigenvalue weighted by molar-refractivity contribution is 5.92. The predicted molar refractivity (Wildman–Crippen MR) is 205 cm³/mol. The molecule has 7 atom stereocenters. The minimum Gasteiger partial charge on any atom is -0.379 e. The van der Waals surface area contributed by atoms with Gasteiger partial charge in [-0.3, -0.25) is 34.2 Å². The number of likely N-dealkylation sites (tertiary alicyclic amines) is 1. The zero-order valence-electron chi connectivity index (χ0n) is 34.4. The fourth-order valence-corrected chi connectivity index (χ4v) is 7.13. The molecule has 0 radical (unpaired) electrons. The van der Waals surface area contributed by atoms with E-state index in [0.717, 1.165) is 18.4 Å². The largest absolute Gasteiger partial charge is 0.379 e. The summed E-state index contributed by atoms with van der Waals surface area (Å²) in [5, 5.41) is 14.2. The Balaban J connectivity index is 2.24. The molecule has 1 aromatic carbocycles. The van der Waals surface area contributed by atoms with Gasteiger partial charge in [0.25, 0.3) is 5.69 Å². The first-order chi connectivity index (χ1) is 24.7. The molecular weight excluding hydrogens is 680 g/mol. The van der Waals surface area contributed by atoms with Crippen LogP contribution in [0.5, 0.6) is 0 Å². The van der Waals surface area contributed by atoms with E-state index in [2.05, 4.69) is 5.32 Å². The molecule has 1 aromatic rings. The Kier molecular flexibility index (Phi) is 17.3. The van der Waals surface area contributed by atoms with Crippen molar-refractivity contribution in [1.29, 1.82) is 0 Å². The summed E-state index contributed by atoms with van der Waals surface area (Å²) in [6.07, 6.45) is 1.43. The van der Waals surface area contributed by atoms with Crippen LogP contribution in [0.1, 0.15) is 79.7 Å². The van der Waals surface area contributed by atoms with Gasteiger partial charge in [0, 0.05) is 53.5 Å². The van der Waals surface area contributed by atoms with Crippen LogP contribution in [0.3, 0.4) is 0 Å². The quantitative estimate of drug-likeness (QED) is 0.154. The van der Waals surface area contributed by atoms with Crippen molar-refractivity contribution >= 4 is 29.3 Å². The second-order valence-corrected chi connectivity index (χ2v) is 15.7. The number of non-ortho nitro benzene ring substituents is 1. The second-order valence-electron chi connectivity index (χ2n) is 15.7. The van der Waals surface area contributed by atoms with Crippen LogP contribution in [0.4, 0.5) is 5.69 Å². The number of carbonyl (C=O) groups is 4. The van der Waals surface area contributed by atoms with Crippen molar-refractivity contribution in [2.24, 2.45) is 17.8 Å². The standard InChI is InChI=1S/C39H66N6O8/c1-14-26(4)34(43(11)37(48)33(25(2)3)40-38(49)39(6,7)41(8)9)31(52-12)24-32(46)44-21-16-19-30(44)35(53-13)27(5)36(47)42(10)22-20-28-17-15-18-29(23-28)45(50)51/h15,17-18,23,25-27,30-31,33-35H,14,16,19-22,24H2,1-13H3,(H,40,49)/t26-,27+,30-,31+,33-,34-,35+/m0/s1. The Morgan fingerprint density at radius 2 is 1.68 bits per heavy atom. The smallest absolute Gasteiger partial charge is 0.269 e. The molecule has 0 aliphatic carbocycles. The molecule has 0 unspecified atom stereocenters. The monoisotopic (exact) mass is 746 g/mol. The molecule has 14 heteroatoms. The van der Waals surface area contributed by atoms with Gasteiger partial charge in [0.05, 0.1) is 47.1 Å². The molecule has 1 aliphatic heterocycles. The molecule has 53 heavy (non-hydrogen) atoms. The number of benzene rings is 1. The summed E-state index contributed by atoms with van der Waals surface area (Å²) in [5.74, 6) is -1.57. The van der Waals surface area contributed by atoms with Crippen LogP contribution < -0.4 is 5.32 Å². The van der Waals surface area contributed by atoms with E-state index in [1.165, 1.54) is 12.1 Å². The van der Waals surface area contributed by atoms with Crippen LogP contribution in [-0.2, 0) is 35.1 Å². The number of carbonyl (C=O) groups excluding carboxylic acids is 4. The van der Waals surface area contributed by atoms with Crippen LogP contribution in [0, 0.1) is 27.9 Å². The fraction of sp³-hybridized carbons (Fsp3) is 0.744. The lowest BCUT2D eigenvalue weighted by molar-refractivity contribution is -0.384. The second kappa shape index (κ2) is 20.2. The predicted octanol–water partition coefficient (Wildman–Crippen LogP) is 4.00. The van der Waals surface area contributed by atoms with Crippen molar-refractivity contribution in [3.8, 4) is 0 Å². The highest BCUT2D eigenvalue weighted by atomic mass is 16.6. The topological polar surface area (TPSA) is 155 Å². The Morgan fingerprint density at radius 3 is 2.21 bits per heavy atom. The van der Waals surface area contributed by atoms with Gasteiger partial charge >= 0.3 is 0 Å². The maximum absolute atomic E-state index is 14.2. The van der Waals surface area contributed by atoms with Crippen molar-refractivity contribution in [2.45, 2.75) is 116 Å². The van der Waals surface area contributed by atoms with Crippen LogP contribution >= 0.6 is 0 Å². The van der Waals surface area contributed by atoms with Gasteiger partial charge in [-0.15, -0.1) is 0 Å². The molecule has 0 aromatic heterocycles. The number of nitro benzene ring substituents is 1. The van der Waals surface area contributed by atoms with Gasteiger partial charge in [0.15, 0.2) is 0 Å². The average molecular weight is 747 g/mol. The van der Waals surface area contributed by atoms with Gasteiger partial charge in [-0.25, -0.2) is 0 Å². The molecule has 1 aliphatic rings. The number of likely N-dealkylation sites (N-methyl/N-ethyl adjacent to an activating group) is 3. The van der Waals surface area contributed by atoms with E-state index in [9.17, 15) is 29.3 Å². The molecule has 0 bridgehead atoms. The maximum Gasteiger partial charge on any atom is 0.269 e. The molecule has 300 valence electrons. The molecule has 1 heterocycles. The van der Waals surface area contributed by atoms with Gasteiger partial charge in [-0.2, -0.15) is 0 Å².